The Morgan fingerprint density at radius 3 is 2.55 bits per heavy atom. The average Bonchev–Trinajstić information content (AvgIpc) is 2.94. The van der Waals surface area contributed by atoms with Gasteiger partial charge in [-0.25, -0.2) is 0 Å². The van der Waals surface area contributed by atoms with Gasteiger partial charge in [0.2, 0.25) is 0 Å². The summed E-state index contributed by atoms with van der Waals surface area (Å²) in [6, 6.07) is 11.4. The molecule has 2 aromatic rings. The van der Waals surface area contributed by atoms with E-state index in [4.69, 9.17) is 4.74 Å². The standard InChI is InChI=1S/C17H16F3NO/c18-17(19,20)15-3-1-2-12(9-15)10-21-11-13-4-5-16-14(8-13)6-7-22-16/h1-5,8-9,21H,6-7,10-11H2. The summed E-state index contributed by atoms with van der Waals surface area (Å²) < 4.78 is 43.4. The maximum absolute atomic E-state index is 12.6. The molecule has 1 aliphatic rings. The van der Waals surface area contributed by atoms with Gasteiger partial charge in [-0.15, -0.1) is 0 Å². The summed E-state index contributed by atoms with van der Waals surface area (Å²) in [5.74, 6) is 0.932. The summed E-state index contributed by atoms with van der Waals surface area (Å²) in [6.07, 6.45) is -3.38. The Labute approximate surface area is 126 Å². The largest absolute Gasteiger partial charge is 0.493 e. The summed E-state index contributed by atoms with van der Waals surface area (Å²) in [7, 11) is 0. The quantitative estimate of drug-likeness (QED) is 0.924. The van der Waals surface area contributed by atoms with Crippen LogP contribution in [-0.4, -0.2) is 6.61 Å². The van der Waals surface area contributed by atoms with Crippen molar-refractivity contribution in [3.8, 4) is 5.75 Å². The van der Waals surface area contributed by atoms with Crippen molar-refractivity contribution < 1.29 is 17.9 Å². The summed E-state index contributed by atoms with van der Waals surface area (Å²) in [6.45, 7) is 1.73. The molecule has 2 nitrogen and oxygen atoms in total. The highest BCUT2D eigenvalue weighted by Gasteiger charge is 2.30. The molecule has 0 atom stereocenters. The van der Waals surface area contributed by atoms with E-state index in [-0.39, 0.29) is 0 Å². The van der Waals surface area contributed by atoms with Gasteiger partial charge in [0.1, 0.15) is 5.75 Å². The second-order valence-electron chi connectivity index (χ2n) is 5.34. The van der Waals surface area contributed by atoms with E-state index in [1.807, 2.05) is 12.1 Å². The molecule has 0 saturated heterocycles. The van der Waals surface area contributed by atoms with E-state index in [0.29, 0.717) is 18.7 Å². The van der Waals surface area contributed by atoms with E-state index in [2.05, 4.69) is 11.4 Å². The molecule has 1 aliphatic heterocycles. The Bertz CT molecular complexity index is 667. The third-order valence-electron chi connectivity index (χ3n) is 3.67. The molecule has 0 fully saturated rings. The Kier molecular flexibility index (Phi) is 4.07. The number of alkyl halides is 3. The predicted octanol–water partition coefficient (Wildman–Crippen LogP) is 3.93. The summed E-state index contributed by atoms with van der Waals surface area (Å²) in [5.41, 5.74) is 2.32. The zero-order chi connectivity index (χ0) is 15.6. The van der Waals surface area contributed by atoms with E-state index in [9.17, 15) is 13.2 Å². The molecule has 22 heavy (non-hydrogen) atoms. The van der Waals surface area contributed by atoms with Gasteiger partial charge in [0, 0.05) is 19.5 Å². The van der Waals surface area contributed by atoms with Crippen molar-refractivity contribution in [3.63, 3.8) is 0 Å². The molecule has 0 saturated carbocycles. The number of hydrogen-bond donors (Lipinski definition) is 1. The lowest BCUT2D eigenvalue weighted by Crippen LogP contribution is -2.14. The van der Waals surface area contributed by atoms with Crippen LogP contribution in [0.1, 0.15) is 22.3 Å². The topological polar surface area (TPSA) is 21.3 Å². The van der Waals surface area contributed by atoms with Gasteiger partial charge in [0.15, 0.2) is 0 Å². The first kappa shape index (κ1) is 14.9. The predicted molar refractivity (Wildman–Crippen MR) is 77.6 cm³/mol. The van der Waals surface area contributed by atoms with Crippen LogP contribution in [0.25, 0.3) is 0 Å². The van der Waals surface area contributed by atoms with Crippen molar-refractivity contribution in [2.24, 2.45) is 0 Å². The van der Waals surface area contributed by atoms with Gasteiger partial charge < -0.3 is 10.1 Å². The third kappa shape index (κ3) is 3.42. The van der Waals surface area contributed by atoms with Gasteiger partial charge in [-0.2, -0.15) is 13.2 Å². The van der Waals surface area contributed by atoms with Crippen molar-refractivity contribution in [2.75, 3.05) is 6.61 Å². The molecule has 0 aliphatic carbocycles. The first-order valence-electron chi connectivity index (χ1n) is 7.14. The van der Waals surface area contributed by atoms with Crippen LogP contribution in [0.2, 0.25) is 0 Å². The highest BCUT2D eigenvalue weighted by atomic mass is 19.4. The molecule has 5 heteroatoms. The molecular weight excluding hydrogens is 291 g/mol. The minimum atomic E-state index is -4.30. The lowest BCUT2D eigenvalue weighted by Gasteiger charge is -2.10. The van der Waals surface area contributed by atoms with Gasteiger partial charge >= 0.3 is 6.18 Å². The fourth-order valence-electron chi connectivity index (χ4n) is 2.56. The van der Waals surface area contributed by atoms with Crippen LogP contribution in [0.4, 0.5) is 13.2 Å². The number of hydrogen-bond acceptors (Lipinski definition) is 2. The second kappa shape index (κ2) is 6.01. The maximum Gasteiger partial charge on any atom is 0.416 e. The maximum atomic E-state index is 12.6. The molecule has 0 spiro atoms. The minimum Gasteiger partial charge on any atom is -0.493 e. The number of benzene rings is 2. The highest BCUT2D eigenvalue weighted by Crippen LogP contribution is 2.29. The van der Waals surface area contributed by atoms with Crippen LogP contribution >= 0.6 is 0 Å². The molecule has 1 heterocycles. The van der Waals surface area contributed by atoms with Crippen LogP contribution in [0.15, 0.2) is 42.5 Å². The number of fused-ring (bicyclic) bond motifs is 1. The average molecular weight is 307 g/mol. The van der Waals surface area contributed by atoms with Gasteiger partial charge in [0.25, 0.3) is 0 Å². The Balaban J connectivity index is 1.59. The van der Waals surface area contributed by atoms with Crippen LogP contribution in [0.3, 0.4) is 0 Å². The van der Waals surface area contributed by atoms with Crippen molar-refractivity contribution in [1.82, 2.24) is 5.32 Å². The summed E-state index contributed by atoms with van der Waals surface area (Å²) in [4.78, 5) is 0. The van der Waals surface area contributed by atoms with E-state index in [0.717, 1.165) is 30.4 Å². The van der Waals surface area contributed by atoms with E-state index in [1.54, 1.807) is 6.07 Å². The zero-order valence-corrected chi connectivity index (χ0v) is 11.9. The normalized spacial score (nSPS) is 13.8. The van der Waals surface area contributed by atoms with Crippen LogP contribution in [0.5, 0.6) is 5.75 Å². The minimum absolute atomic E-state index is 0.400. The summed E-state index contributed by atoms with van der Waals surface area (Å²) in [5, 5.41) is 3.18. The smallest absolute Gasteiger partial charge is 0.416 e. The zero-order valence-electron chi connectivity index (χ0n) is 11.9. The van der Waals surface area contributed by atoms with Crippen molar-refractivity contribution in [3.05, 3.63) is 64.7 Å². The summed E-state index contributed by atoms with van der Waals surface area (Å²) >= 11 is 0. The fraction of sp³-hybridized carbons (Fsp3) is 0.294. The second-order valence-corrected chi connectivity index (χ2v) is 5.34. The van der Waals surface area contributed by atoms with Gasteiger partial charge in [0.05, 0.1) is 12.2 Å². The molecule has 1 N–H and O–H groups in total. The number of ether oxygens (including phenoxy) is 1. The van der Waals surface area contributed by atoms with Crippen LogP contribution in [0, 0.1) is 0 Å². The van der Waals surface area contributed by atoms with Crippen LogP contribution < -0.4 is 10.1 Å². The molecule has 0 unspecified atom stereocenters. The van der Waals surface area contributed by atoms with Gasteiger partial charge in [-0.1, -0.05) is 30.3 Å². The van der Waals surface area contributed by atoms with Crippen molar-refractivity contribution in [1.29, 1.82) is 0 Å². The molecular formula is C17H16F3NO. The number of halogens is 3. The SMILES string of the molecule is FC(F)(F)c1cccc(CNCc2ccc3c(c2)CCO3)c1. The molecule has 0 aromatic heterocycles. The van der Waals surface area contributed by atoms with Crippen LogP contribution in [-0.2, 0) is 25.7 Å². The van der Waals surface area contributed by atoms with Gasteiger partial charge in [-0.3, -0.25) is 0 Å². The molecule has 0 radical (unpaired) electrons. The molecule has 3 rings (SSSR count). The van der Waals surface area contributed by atoms with E-state index in [1.165, 1.54) is 17.7 Å². The Morgan fingerprint density at radius 1 is 1.00 bits per heavy atom. The monoisotopic (exact) mass is 307 g/mol. The lowest BCUT2D eigenvalue weighted by atomic mass is 10.1. The Morgan fingerprint density at radius 2 is 1.77 bits per heavy atom. The highest BCUT2D eigenvalue weighted by molar-refractivity contribution is 5.39. The molecule has 0 bridgehead atoms. The number of rotatable bonds is 4. The van der Waals surface area contributed by atoms with E-state index >= 15 is 0 Å². The first-order valence-corrected chi connectivity index (χ1v) is 7.14. The Hall–Kier alpha value is -2.01. The fourth-order valence-corrected chi connectivity index (χ4v) is 2.56. The van der Waals surface area contributed by atoms with Crippen molar-refractivity contribution in [2.45, 2.75) is 25.7 Å². The number of nitrogens with one attached hydrogen (secondary N) is 1. The van der Waals surface area contributed by atoms with Crippen molar-refractivity contribution >= 4 is 0 Å². The molecule has 116 valence electrons. The molecule has 0 amide bonds. The lowest BCUT2D eigenvalue weighted by molar-refractivity contribution is -0.137. The van der Waals surface area contributed by atoms with E-state index < -0.39 is 11.7 Å². The third-order valence-corrected chi connectivity index (χ3v) is 3.67. The first-order chi connectivity index (χ1) is 10.5. The molecule has 2 aromatic carbocycles. The van der Waals surface area contributed by atoms with Gasteiger partial charge in [-0.05, 0) is 28.8 Å².